The quantitative estimate of drug-likeness (QED) is 0.648. The molecule has 1 aliphatic rings. The van der Waals surface area contributed by atoms with E-state index in [4.69, 9.17) is 5.73 Å². The molecule has 5 heteroatoms. The molecule has 0 aliphatic heterocycles. The number of nitrogen functional groups attached to an aromatic ring is 1. The molecule has 94 valence electrons. The van der Waals surface area contributed by atoms with Gasteiger partial charge in [-0.15, -0.1) is 23.1 Å². The van der Waals surface area contributed by atoms with E-state index in [-0.39, 0.29) is 5.78 Å². The number of thiophene rings is 1. The summed E-state index contributed by atoms with van der Waals surface area (Å²) in [6.07, 6.45) is 7.05. The number of anilines is 2. The van der Waals surface area contributed by atoms with Crippen LogP contribution in [0.4, 0.5) is 10.7 Å². The highest BCUT2D eigenvalue weighted by atomic mass is 32.2. The van der Waals surface area contributed by atoms with Gasteiger partial charge in [0.05, 0.1) is 15.5 Å². The molecule has 1 heterocycles. The normalized spacial score (nSPS) is 16.4. The third-order valence-corrected chi connectivity index (χ3v) is 5.31. The smallest absolute Gasteiger partial charge is 0.171 e. The second-order valence-electron chi connectivity index (χ2n) is 4.39. The molecule has 3 N–H and O–H groups in total. The minimum absolute atomic E-state index is 0.0577. The Morgan fingerprint density at radius 1 is 1.47 bits per heavy atom. The first-order valence-electron chi connectivity index (χ1n) is 5.87. The molecule has 1 fully saturated rings. The Bertz CT molecular complexity index is 422. The molecule has 0 amide bonds. The minimum atomic E-state index is 0.0577. The van der Waals surface area contributed by atoms with Crippen LogP contribution in [0.1, 0.15) is 42.3 Å². The number of hydrogen-bond donors (Lipinski definition) is 2. The van der Waals surface area contributed by atoms with Crippen LogP contribution in [0.3, 0.4) is 0 Å². The fourth-order valence-electron chi connectivity index (χ4n) is 2.24. The summed E-state index contributed by atoms with van der Waals surface area (Å²) in [5.74, 6) is 0.0577. The fraction of sp³-hybridized carbons (Fsp3) is 0.583. The number of rotatable bonds is 4. The van der Waals surface area contributed by atoms with Crippen LogP contribution >= 0.6 is 23.1 Å². The molecular weight excluding hydrogens is 252 g/mol. The maximum Gasteiger partial charge on any atom is 0.171 e. The van der Waals surface area contributed by atoms with Gasteiger partial charge in [-0.05, 0) is 19.1 Å². The molecule has 0 spiro atoms. The highest BCUT2D eigenvalue weighted by Crippen LogP contribution is 2.42. The van der Waals surface area contributed by atoms with E-state index in [1.165, 1.54) is 37.0 Å². The molecule has 1 saturated carbocycles. The molecule has 17 heavy (non-hydrogen) atoms. The molecule has 0 radical (unpaired) electrons. The Kier molecular flexibility index (Phi) is 3.99. The van der Waals surface area contributed by atoms with Gasteiger partial charge in [0.25, 0.3) is 0 Å². The maximum atomic E-state index is 11.5. The van der Waals surface area contributed by atoms with Gasteiger partial charge in [0, 0.05) is 13.0 Å². The Morgan fingerprint density at radius 3 is 2.65 bits per heavy atom. The van der Waals surface area contributed by atoms with Crippen LogP contribution in [0.15, 0.2) is 4.90 Å². The summed E-state index contributed by atoms with van der Waals surface area (Å²) >= 11 is 3.11. The number of carbonyl (C=O) groups excluding carboxylic acids is 1. The molecule has 2 rings (SSSR count). The Morgan fingerprint density at radius 2 is 2.12 bits per heavy atom. The van der Waals surface area contributed by atoms with Crippen molar-refractivity contribution in [2.75, 3.05) is 17.3 Å². The Hall–Kier alpha value is -0.680. The molecule has 3 nitrogen and oxygen atoms in total. The molecule has 0 saturated heterocycles. The van der Waals surface area contributed by atoms with Crippen molar-refractivity contribution in [3.63, 3.8) is 0 Å². The lowest BCUT2D eigenvalue weighted by Gasteiger charge is -2.12. The molecular formula is C12H18N2OS2. The number of ketones is 1. The number of Topliss-reactive ketones (excluding diaryl/α,β-unsaturated/α-hetero) is 1. The fourth-order valence-corrected chi connectivity index (χ4v) is 4.24. The Balaban J connectivity index is 2.25. The lowest BCUT2D eigenvalue weighted by molar-refractivity contribution is 0.102. The molecule has 0 unspecified atom stereocenters. The lowest BCUT2D eigenvalue weighted by atomic mass is 10.2. The van der Waals surface area contributed by atoms with Crippen LogP contribution in [-0.2, 0) is 0 Å². The van der Waals surface area contributed by atoms with Gasteiger partial charge >= 0.3 is 0 Å². The average Bonchev–Trinajstić information content (AvgIpc) is 2.87. The van der Waals surface area contributed by atoms with E-state index in [2.05, 4.69) is 5.32 Å². The summed E-state index contributed by atoms with van der Waals surface area (Å²) in [6, 6.07) is 0.554. The SMILES string of the molecule is CSc1c(NC2CCCC2)sc(C(C)=O)c1N. The van der Waals surface area contributed by atoms with E-state index >= 15 is 0 Å². The largest absolute Gasteiger partial charge is 0.396 e. The molecule has 0 bridgehead atoms. The molecule has 1 aromatic rings. The summed E-state index contributed by atoms with van der Waals surface area (Å²) in [5.41, 5.74) is 6.67. The first-order chi connectivity index (χ1) is 8.13. The van der Waals surface area contributed by atoms with E-state index in [0.717, 1.165) is 9.90 Å². The number of nitrogens with two attached hydrogens (primary N) is 1. The second-order valence-corrected chi connectivity index (χ2v) is 6.23. The number of nitrogens with one attached hydrogen (secondary N) is 1. The number of thioether (sulfide) groups is 1. The predicted octanol–water partition coefficient (Wildman–Crippen LogP) is 3.61. The third kappa shape index (κ3) is 2.60. The van der Waals surface area contributed by atoms with Crippen molar-refractivity contribution in [1.82, 2.24) is 0 Å². The van der Waals surface area contributed by atoms with Gasteiger partial charge in [-0.3, -0.25) is 4.79 Å². The molecule has 0 atom stereocenters. The van der Waals surface area contributed by atoms with Crippen LogP contribution in [0.5, 0.6) is 0 Å². The predicted molar refractivity (Wildman–Crippen MR) is 76.4 cm³/mol. The van der Waals surface area contributed by atoms with E-state index in [0.29, 0.717) is 16.6 Å². The van der Waals surface area contributed by atoms with Gasteiger partial charge in [0.15, 0.2) is 5.78 Å². The molecule has 0 aromatic carbocycles. The Labute approximate surface area is 110 Å². The second kappa shape index (κ2) is 5.31. The van der Waals surface area contributed by atoms with Crippen LogP contribution in [0.2, 0.25) is 0 Å². The summed E-state index contributed by atoms with van der Waals surface area (Å²) in [6.45, 7) is 1.58. The van der Waals surface area contributed by atoms with Crippen LogP contribution in [0, 0.1) is 0 Å². The van der Waals surface area contributed by atoms with Crippen molar-refractivity contribution in [2.45, 2.75) is 43.5 Å². The van der Waals surface area contributed by atoms with Crippen LogP contribution in [-0.4, -0.2) is 18.1 Å². The van der Waals surface area contributed by atoms with Crippen molar-refractivity contribution < 1.29 is 4.79 Å². The zero-order chi connectivity index (χ0) is 12.4. The van der Waals surface area contributed by atoms with Crippen LogP contribution < -0.4 is 11.1 Å². The van der Waals surface area contributed by atoms with Crippen LogP contribution in [0.25, 0.3) is 0 Å². The summed E-state index contributed by atoms with van der Waals surface area (Å²) in [7, 11) is 0. The van der Waals surface area contributed by atoms with Crippen molar-refractivity contribution >= 4 is 39.6 Å². The lowest BCUT2D eigenvalue weighted by Crippen LogP contribution is -2.13. The number of hydrogen-bond acceptors (Lipinski definition) is 5. The van der Waals surface area contributed by atoms with E-state index < -0.39 is 0 Å². The summed E-state index contributed by atoms with van der Waals surface area (Å²) < 4.78 is 0. The monoisotopic (exact) mass is 270 g/mol. The van der Waals surface area contributed by atoms with Gasteiger partial charge < -0.3 is 11.1 Å². The number of carbonyl (C=O) groups is 1. The zero-order valence-corrected chi connectivity index (χ0v) is 11.8. The van der Waals surface area contributed by atoms with E-state index in [1.54, 1.807) is 18.7 Å². The van der Waals surface area contributed by atoms with Gasteiger partial charge in [-0.1, -0.05) is 12.8 Å². The first kappa shape index (κ1) is 12.8. The average molecular weight is 270 g/mol. The highest BCUT2D eigenvalue weighted by molar-refractivity contribution is 7.99. The van der Waals surface area contributed by atoms with Gasteiger partial charge in [0.2, 0.25) is 0 Å². The first-order valence-corrected chi connectivity index (χ1v) is 7.91. The minimum Gasteiger partial charge on any atom is -0.396 e. The van der Waals surface area contributed by atoms with Gasteiger partial charge in [0.1, 0.15) is 5.00 Å². The molecule has 1 aromatic heterocycles. The standard InChI is InChI=1S/C12H18N2OS2/c1-7(15)10-9(13)11(16-2)12(17-10)14-8-5-3-4-6-8/h8,14H,3-6,13H2,1-2H3. The topological polar surface area (TPSA) is 55.1 Å². The third-order valence-electron chi connectivity index (χ3n) is 3.11. The van der Waals surface area contributed by atoms with Crippen molar-refractivity contribution in [1.29, 1.82) is 0 Å². The summed E-state index contributed by atoms with van der Waals surface area (Å²) in [4.78, 5) is 13.2. The highest BCUT2D eigenvalue weighted by Gasteiger charge is 2.21. The van der Waals surface area contributed by atoms with E-state index in [1.807, 2.05) is 6.26 Å². The maximum absolute atomic E-state index is 11.5. The van der Waals surface area contributed by atoms with Gasteiger partial charge in [-0.25, -0.2) is 0 Å². The van der Waals surface area contributed by atoms with Crippen molar-refractivity contribution in [3.8, 4) is 0 Å². The van der Waals surface area contributed by atoms with Crippen molar-refractivity contribution in [2.24, 2.45) is 0 Å². The zero-order valence-electron chi connectivity index (χ0n) is 10.2. The van der Waals surface area contributed by atoms with Crippen molar-refractivity contribution in [3.05, 3.63) is 4.88 Å². The van der Waals surface area contributed by atoms with E-state index in [9.17, 15) is 4.79 Å². The van der Waals surface area contributed by atoms with Gasteiger partial charge in [-0.2, -0.15) is 0 Å². The molecule has 1 aliphatic carbocycles. The summed E-state index contributed by atoms with van der Waals surface area (Å²) in [5, 5.41) is 4.62.